The van der Waals surface area contributed by atoms with Crippen LogP contribution in [-0.4, -0.2) is 0 Å². The predicted octanol–water partition coefficient (Wildman–Crippen LogP) is 3.96. The summed E-state index contributed by atoms with van der Waals surface area (Å²) in [6, 6.07) is 0. The van der Waals surface area contributed by atoms with E-state index in [1.54, 1.807) is 12.8 Å². The Morgan fingerprint density at radius 2 is 1.62 bits per heavy atom. The molecule has 2 rings (SSSR count). The third kappa shape index (κ3) is 1.53. The smallest absolute Gasteiger partial charge is 0.0349 e. The Morgan fingerprint density at radius 1 is 1.00 bits per heavy atom. The maximum Gasteiger partial charge on any atom is -0.0349 e. The monoisotopic (exact) mass is 180 g/mol. The minimum Gasteiger partial charge on any atom is -0.0651 e. The topological polar surface area (TPSA) is 0 Å². The standard InChI is InChI=1S/C13H24/c1-5-9(4)11-6-10(8(2)3)12-7-13(11)12/h8-13H,5-7H2,1-4H3. The first-order chi connectivity index (χ1) is 6.15. The second kappa shape index (κ2) is 3.29. The molecule has 2 aliphatic carbocycles. The van der Waals surface area contributed by atoms with Gasteiger partial charge in [0, 0.05) is 0 Å². The van der Waals surface area contributed by atoms with Gasteiger partial charge in [-0.1, -0.05) is 34.1 Å². The summed E-state index contributed by atoms with van der Waals surface area (Å²) in [5.41, 5.74) is 0. The molecule has 0 aromatic rings. The van der Waals surface area contributed by atoms with E-state index in [4.69, 9.17) is 0 Å². The van der Waals surface area contributed by atoms with Crippen molar-refractivity contribution in [1.82, 2.24) is 0 Å². The van der Waals surface area contributed by atoms with Gasteiger partial charge in [-0.2, -0.15) is 0 Å². The minimum absolute atomic E-state index is 0.934. The average molecular weight is 180 g/mol. The van der Waals surface area contributed by atoms with Crippen LogP contribution in [0.4, 0.5) is 0 Å². The van der Waals surface area contributed by atoms with E-state index in [-0.39, 0.29) is 0 Å². The maximum atomic E-state index is 2.46. The Labute approximate surface area is 83.1 Å². The summed E-state index contributed by atoms with van der Waals surface area (Å²) >= 11 is 0. The lowest BCUT2D eigenvalue weighted by Crippen LogP contribution is -2.14. The molecule has 5 unspecified atom stereocenters. The zero-order valence-corrected chi connectivity index (χ0v) is 9.59. The molecule has 0 nitrogen and oxygen atoms in total. The van der Waals surface area contributed by atoms with Gasteiger partial charge in [-0.05, 0) is 48.3 Å². The van der Waals surface area contributed by atoms with Crippen molar-refractivity contribution in [3.05, 3.63) is 0 Å². The fraction of sp³-hybridized carbons (Fsp3) is 1.00. The van der Waals surface area contributed by atoms with Gasteiger partial charge in [-0.3, -0.25) is 0 Å². The van der Waals surface area contributed by atoms with Crippen LogP contribution < -0.4 is 0 Å². The summed E-state index contributed by atoms with van der Waals surface area (Å²) in [6.45, 7) is 9.64. The SMILES string of the molecule is CCC(C)C1CC(C(C)C)C2CC12. The van der Waals surface area contributed by atoms with Gasteiger partial charge in [0.2, 0.25) is 0 Å². The van der Waals surface area contributed by atoms with E-state index in [0.717, 1.165) is 35.5 Å². The molecule has 0 spiro atoms. The summed E-state index contributed by atoms with van der Waals surface area (Å²) in [5.74, 6) is 6.36. The molecule has 0 N–H and O–H groups in total. The van der Waals surface area contributed by atoms with Crippen LogP contribution in [0.5, 0.6) is 0 Å². The Hall–Kier alpha value is 0. The van der Waals surface area contributed by atoms with Crippen molar-refractivity contribution in [2.45, 2.75) is 47.0 Å². The molecule has 0 aromatic heterocycles. The van der Waals surface area contributed by atoms with Crippen molar-refractivity contribution in [3.8, 4) is 0 Å². The highest BCUT2D eigenvalue weighted by molar-refractivity contribution is 5.04. The van der Waals surface area contributed by atoms with Gasteiger partial charge in [-0.25, -0.2) is 0 Å². The second-order valence-corrected chi connectivity index (χ2v) is 5.76. The molecule has 5 atom stereocenters. The van der Waals surface area contributed by atoms with Crippen molar-refractivity contribution in [2.75, 3.05) is 0 Å². The van der Waals surface area contributed by atoms with Crippen LogP contribution in [0.15, 0.2) is 0 Å². The largest absolute Gasteiger partial charge is 0.0651 e. The van der Waals surface area contributed by atoms with E-state index < -0.39 is 0 Å². The van der Waals surface area contributed by atoms with E-state index in [1.807, 2.05) is 0 Å². The normalized spacial score (nSPS) is 45.0. The molecule has 2 saturated carbocycles. The van der Waals surface area contributed by atoms with Crippen LogP contribution in [-0.2, 0) is 0 Å². The van der Waals surface area contributed by atoms with E-state index in [2.05, 4.69) is 27.7 Å². The van der Waals surface area contributed by atoms with E-state index in [0.29, 0.717) is 0 Å². The van der Waals surface area contributed by atoms with Crippen molar-refractivity contribution in [2.24, 2.45) is 35.5 Å². The molecule has 0 saturated heterocycles. The van der Waals surface area contributed by atoms with Gasteiger partial charge in [0.15, 0.2) is 0 Å². The van der Waals surface area contributed by atoms with E-state index in [9.17, 15) is 0 Å². The van der Waals surface area contributed by atoms with Crippen molar-refractivity contribution < 1.29 is 0 Å². The van der Waals surface area contributed by atoms with Crippen molar-refractivity contribution in [1.29, 1.82) is 0 Å². The molecule has 0 heteroatoms. The summed E-state index contributed by atoms with van der Waals surface area (Å²) in [4.78, 5) is 0. The van der Waals surface area contributed by atoms with Crippen LogP contribution in [0.25, 0.3) is 0 Å². The Kier molecular flexibility index (Phi) is 2.42. The molecular weight excluding hydrogens is 156 g/mol. The second-order valence-electron chi connectivity index (χ2n) is 5.76. The van der Waals surface area contributed by atoms with Gasteiger partial charge in [0.25, 0.3) is 0 Å². The van der Waals surface area contributed by atoms with Gasteiger partial charge in [0.05, 0.1) is 0 Å². The summed E-state index contributed by atoms with van der Waals surface area (Å²) in [6.07, 6.45) is 4.50. The number of hydrogen-bond acceptors (Lipinski definition) is 0. The molecule has 76 valence electrons. The third-order valence-corrected chi connectivity index (χ3v) is 4.77. The zero-order chi connectivity index (χ0) is 9.59. The average Bonchev–Trinajstić information content (AvgIpc) is 2.78. The van der Waals surface area contributed by atoms with Crippen LogP contribution in [0.2, 0.25) is 0 Å². The van der Waals surface area contributed by atoms with E-state index in [1.165, 1.54) is 6.42 Å². The fourth-order valence-electron chi connectivity index (χ4n) is 3.61. The first-order valence-electron chi connectivity index (χ1n) is 6.15. The van der Waals surface area contributed by atoms with Gasteiger partial charge >= 0.3 is 0 Å². The molecule has 2 fully saturated rings. The molecule has 0 heterocycles. The Balaban J connectivity index is 1.97. The maximum absolute atomic E-state index is 2.46. The quantitative estimate of drug-likeness (QED) is 0.616. The van der Waals surface area contributed by atoms with Crippen molar-refractivity contribution >= 4 is 0 Å². The van der Waals surface area contributed by atoms with Crippen molar-refractivity contribution in [3.63, 3.8) is 0 Å². The lowest BCUT2D eigenvalue weighted by molar-refractivity contribution is 0.270. The highest BCUT2D eigenvalue weighted by Crippen LogP contribution is 2.62. The molecular formula is C13H24. The fourth-order valence-corrected chi connectivity index (χ4v) is 3.61. The molecule has 0 bridgehead atoms. The third-order valence-electron chi connectivity index (χ3n) is 4.77. The van der Waals surface area contributed by atoms with Gasteiger partial charge < -0.3 is 0 Å². The Bertz CT molecular complexity index is 182. The van der Waals surface area contributed by atoms with Crippen LogP contribution in [0.3, 0.4) is 0 Å². The van der Waals surface area contributed by atoms with Gasteiger partial charge in [-0.15, -0.1) is 0 Å². The lowest BCUT2D eigenvalue weighted by Gasteiger charge is -2.23. The molecule has 0 aliphatic heterocycles. The van der Waals surface area contributed by atoms with Crippen LogP contribution >= 0.6 is 0 Å². The van der Waals surface area contributed by atoms with Crippen LogP contribution in [0, 0.1) is 35.5 Å². The number of hydrogen-bond donors (Lipinski definition) is 0. The first kappa shape index (κ1) is 9.55. The lowest BCUT2D eigenvalue weighted by atomic mass is 9.83. The predicted molar refractivity (Wildman–Crippen MR) is 57.5 cm³/mol. The summed E-state index contributed by atoms with van der Waals surface area (Å²) in [7, 11) is 0. The summed E-state index contributed by atoms with van der Waals surface area (Å²) in [5, 5.41) is 0. The molecule has 2 aliphatic rings. The molecule has 13 heavy (non-hydrogen) atoms. The number of fused-ring (bicyclic) bond motifs is 1. The Morgan fingerprint density at radius 3 is 2.08 bits per heavy atom. The van der Waals surface area contributed by atoms with Gasteiger partial charge in [0.1, 0.15) is 0 Å². The molecule has 0 radical (unpaired) electrons. The van der Waals surface area contributed by atoms with Crippen LogP contribution in [0.1, 0.15) is 47.0 Å². The van der Waals surface area contributed by atoms with E-state index >= 15 is 0 Å². The summed E-state index contributed by atoms with van der Waals surface area (Å²) < 4.78 is 0. The highest BCUT2D eigenvalue weighted by Gasteiger charge is 2.55. The highest BCUT2D eigenvalue weighted by atomic mass is 14.6. The zero-order valence-electron chi connectivity index (χ0n) is 9.59. The first-order valence-corrected chi connectivity index (χ1v) is 6.15. The number of rotatable bonds is 3. The minimum atomic E-state index is 0.934. The molecule has 0 amide bonds. The molecule has 0 aromatic carbocycles.